The van der Waals surface area contributed by atoms with Crippen LogP contribution >= 0.6 is 0 Å². The number of benzene rings is 2. The first kappa shape index (κ1) is 21.2. The normalized spacial score (nSPS) is 18.0. The number of aliphatic hydroxyl groups is 1. The van der Waals surface area contributed by atoms with Gasteiger partial charge < -0.3 is 14.6 Å². The molecule has 5 heteroatoms. The van der Waals surface area contributed by atoms with Gasteiger partial charge in [-0.2, -0.15) is 0 Å². The van der Waals surface area contributed by atoms with E-state index in [-0.39, 0.29) is 5.60 Å². The minimum Gasteiger partial charge on any atom is -0.466 e. The molecule has 2 aromatic rings. The minimum absolute atomic E-state index is 0.301. The number of aliphatic hydroxyl groups excluding tert-OH is 1. The van der Waals surface area contributed by atoms with Crippen LogP contribution in [0.15, 0.2) is 60.2 Å². The Bertz CT molecular complexity index is 883. The molecule has 0 spiro atoms. The number of carbonyl (C=O) groups is 1. The van der Waals surface area contributed by atoms with E-state index in [2.05, 4.69) is 0 Å². The Morgan fingerprint density at radius 1 is 1.07 bits per heavy atom. The summed E-state index contributed by atoms with van der Waals surface area (Å²) in [4.78, 5) is 14.5. The lowest BCUT2D eigenvalue weighted by Gasteiger charge is -2.35. The number of carbonyl (C=O) groups excluding carboxylic acids is 1. The summed E-state index contributed by atoms with van der Waals surface area (Å²) in [5.74, 6) is -0.426. The minimum atomic E-state index is -0.813. The highest BCUT2D eigenvalue weighted by molar-refractivity contribution is 5.99. The molecule has 1 atom stereocenters. The summed E-state index contributed by atoms with van der Waals surface area (Å²) >= 11 is 0. The first-order chi connectivity index (χ1) is 13.8. The van der Waals surface area contributed by atoms with Gasteiger partial charge in [-0.05, 0) is 43.5 Å². The monoisotopic (exact) mass is 395 g/mol. The SMILES string of the molecule is COC(=O)C1=C(c2cccc(-c3ccccc3)c2)C(O)CN(COC(C)(C)C)C1. The highest BCUT2D eigenvalue weighted by atomic mass is 16.5. The van der Waals surface area contributed by atoms with Crippen molar-refractivity contribution in [1.82, 2.24) is 4.90 Å². The van der Waals surface area contributed by atoms with Gasteiger partial charge in [0.15, 0.2) is 0 Å². The van der Waals surface area contributed by atoms with E-state index < -0.39 is 12.1 Å². The average molecular weight is 395 g/mol. The molecule has 154 valence electrons. The molecule has 29 heavy (non-hydrogen) atoms. The first-order valence-electron chi connectivity index (χ1n) is 9.80. The van der Waals surface area contributed by atoms with Crippen molar-refractivity contribution in [2.45, 2.75) is 32.5 Å². The summed E-state index contributed by atoms with van der Waals surface area (Å²) in [6.07, 6.45) is -0.813. The Morgan fingerprint density at radius 3 is 2.38 bits per heavy atom. The molecule has 0 amide bonds. The van der Waals surface area contributed by atoms with Crippen molar-refractivity contribution in [3.05, 3.63) is 65.7 Å². The van der Waals surface area contributed by atoms with Crippen LogP contribution in [0.5, 0.6) is 0 Å². The second-order valence-corrected chi connectivity index (χ2v) is 8.24. The molecule has 1 unspecified atom stereocenters. The second kappa shape index (κ2) is 8.91. The fourth-order valence-electron chi connectivity index (χ4n) is 3.45. The van der Waals surface area contributed by atoms with Crippen molar-refractivity contribution < 1.29 is 19.4 Å². The van der Waals surface area contributed by atoms with Gasteiger partial charge in [-0.25, -0.2) is 4.79 Å². The molecule has 0 saturated carbocycles. The summed E-state index contributed by atoms with van der Waals surface area (Å²) in [7, 11) is 1.37. The molecule has 5 nitrogen and oxygen atoms in total. The number of hydrogen-bond acceptors (Lipinski definition) is 5. The lowest BCUT2D eigenvalue weighted by atomic mass is 9.89. The first-order valence-corrected chi connectivity index (χ1v) is 9.80. The topological polar surface area (TPSA) is 59.0 Å². The van der Waals surface area contributed by atoms with E-state index in [0.717, 1.165) is 16.7 Å². The molecule has 1 aliphatic heterocycles. The van der Waals surface area contributed by atoms with E-state index in [1.54, 1.807) is 0 Å². The zero-order chi connectivity index (χ0) is 21.0. The standard InChI is InChI=1S/C24H29NO4/c1-24(2,3)29-16-25-14-20(23(27)28-4)22(21(26)15-25)19-12-8-11-18(13-19)17-9-6-5-7-10-17/h5-13,21,26H,14-16H2,1-4H3. The Kier molecular flexibility index (Phi) is 6.52. The zero-order valence-electron chi connectivity index (χ0n) is 17.5. The van der Waals surface area contributed by atoms with Crippen molar-refractivity contribution in [1.29, 1.82) is 0 Å². The molecular weight excluding hydrogens is 366 g/mol. The third-order valence-corrected chi connectivity index (χ3v) is 4.86. The summed E-state index contributed by atoms with van der Waals surface area (Å²) < 4.78 is 10.9. The van der Waals surface area contributed by atoms with E-state index in [0.29, 0.717) is 31.0 Å². The van der Waals surface area contributed by atoms with Crippen LogP contribution in [-0.2, 0) is 14.3 Å². The lowest BCUT2D eigenvalue weighted by molar-refractivity contribution is -0.137. The average Bonchev–Trinajstić information content (AvgIpc) is 2.71. The van der Waals surface area contributed by atoms with Crippen LogP contribution in [0.4, 0.5) is 0 Å². The molecule has 3 rings (SSSR count). The van der Waals surface area contributed by atoms with Crippen molar-refractivity contribution in [3.63, 3.8) is 0 Å². The molecule has 2 aromatic carbocycles. The number of rotatable bonds is 5. The van der Waals surface area contributed by atoms with Crippen molar-refractivity contribution in [2.75, 3.05) is 26.9 Å². The fourth-order valence-corrected chi connectivity index (χ4v) is 3.45. The molecule has 0 fully saturated rings. The van der Waals surface area contributed by atoms with Crippen molar-refractivity contribution >= 4 is 11.5 Å². The Balaban J connectivity index is 1.96. The predicted molar refractivity (Wildman–Crippen MR) is 114 cm³/mol. The third kappa shape index (κ3) is 5.32. The Morgan fingerprint density at radius 2 is 1.72 bits per heavy atom. The van der Waals surface area contributed by atoms with Gasteiger partial charge in [0, 0.05) is 18.7 Å². The molecule has 0 radical (unpaired) electrons. The smallest absolute Gasteiger partial charge is 0.335 e. The zero-order valence-corrected chi connectivity index (χ0v) is 17.5. The van der Waals surface area contributed by atoms with E-state index in [1.807, 2.05) is 80.3 Å². The summed E-state index contributed by atoms with van der Waals surface area (Å²) in [5.41, 5.74) is 3.74. The molecule has 1 heterocycles. The van der Waals surface area contributed by atoms with E-state index in [1.165, 1.54) is 7.11 Å². The number of nitrogens with zero attached hydrogens (tertiary/aromatic N) is 1. The van der Waals surface area contributed by atoms with E-state index in [9.17, 15) is 9.90 Å². The Labute approximate surface area is 172 Å². The largest absolute Gasteiger partial charge is 0.466 e. The number of esters is 1. The molecule has 1 N–H and O–H groups in total. The maximum atomic E-state index is 12.5. The summed E-state index contributed by atoms with van der Waals surface area (Å²) in [6.45, 7) is 7.02. The van der Waals surface area contributed by atoms with Gasteiger partial charge in [0.25, 0.3) is 0 Å². The molecule has 0 saturated heterocycles. The van der Waals surface area contributed by atoms with Gasteiger partial charge in [-0.3, -0.25) is 4.90 Å². The van der Waals surface area contributed by atoms with Crippen molar-refractivity contribution in [2.24, 2.45) is 0 Å². The number of hydrogen-bond donors (Lipinski definition) is 1. The van der Waals surface area contributed by atoms with E-state index >= 15 is 0 Å². The fraction of sp³-hybridized carbons (Fsp3) is 0.375. The maximum absolute atomic E-state index is 12.5. The van der Waals surface area contributed by atoms with Crippen LogP contribution in [0.25, 0.3) is 16.7 Å². The van der Waals surface area contributed by atoms with Gasteiger partial charge in [0.05, 0.1) is 24.4 Å². The highest BCUT2D eigenvalue weighted by Crippen LogP contribution is 2.31. The van der Waals surface area contributed by atoms with Gasteiger partial charge in [0.2, 0.25) is 0 Å². The van der Waals surface area contributed by atoms with Gasteiger partial charge in [-0.1, -0.05) is 48.5 Å². The number of ether oxygens (including phenoxy) is 2. The molecule has 0 aliphatic carbocycles. The third-order valence-electron chi connectivity index (χ3n) is 4.86. The molecule has 0 bridgehead atoms. The maximum Gasteiger partial charge on any atom is 0.335 e. The molecule has 1 aliphatic rings. The highest BCUT2D eigenvalue weighted by Gasteiger charge is 2.32. The lowest BCUT2D eigenvalue weighted by Crippen LogP contribution is -2.44. The predicted octanol–water partition coefficient (Wildman–Crippen LogP) is 3.73. The van der Waals surface area contributed by atoms with Crippen LogP contribution < -0.4 is 0 Å². The van der Waals surface area contributed by atoms with Crippen LogP contribution in [0.1, 0.15) is 26.3 Å². The Hall–Kier alpha value is -2.47. The van der Waals surface area contributed by atoms with Crippen LogP contribution in [0.2, 0.25) is 0 Å². The molecule has 0 aromatic heterocycles. The van der Waals surface area contributed by atoms with E-state index in [4.69, 9.17) is 9.47 Å². The second-order valence-electron chi connectivity index (χ2n) is 8.24. The van der Waals surface area contributed by atoms with Crippen LogP contribution in [0, 0.1) is 0 Å². The van der Waals surface area contributed by atoms with Crippen LogP contribution in [0.3, 0.4) is 0 Å². The molecular formula is C24H29NO4. The van der Waals surface area contributed by atoms with Crippen molar-refractivity contribution in [3.8, 4) is 11.1 Å². The summed E-state index contributed by atoms with van der Waals surface area (Å²) in [6, 6.07) is 17.9. The number of β-amino-alcohol motifs (C(OH)–C–C–N with tert-alkyl or cyclic N) is 1. The quantitative estimate of drug-likeness (QED) is 0.782. The van der Waals surface area contributed by atoms with Crippen LogP contribution in [-0.4, -0.2) is 54.6 Å². The summed E-state index contributed by atoms with van der Waals surface area (Å²) in [5, 5.41) is 10.9. The number of methoxy groups -OCH3 is 1. The van der Waals surface area contributed by atoms with Gasteiger partial charge in [-0.15, -0.1) is 0 Å². The van der Waals surface area contributed by atoms with Gasteiger partial charge >= 0.3 is 5.97 Å². The van der Waals surface area contributed by atoms with Gasteiger partial charge in [0.1, 0.15) is 6.73 Å².